The molecule has 35 heavy (non-hydrogen) atoms. The van der Waals surface area contributed by atoms with Gasteiger partial charge in [-0.25, -0.2) is 10.2 Å². The molecular formula is C29H24N2O4. The molecule has 6 heteroatoms. The van der Waals surface area contributed by atoms with Crippen LogP contribution in [0.3, 0.4) is 0 Å². The van der Waals surface area contributed by atoms with Gasteiger partial charge in [0.1, 0.15) is 18.1 Å². The van der Waals surface area contributed by atoms with Gasteiger partial charge >= 0.3 is 5.97 Å². The summed E-state index contributed by atoms with van der Waals surface area (Å²) in [6.45, 7) is 2.27. The molecule has 0 saturated carbocycles. The predicted octanol–water partition coefficient (Wildman–Crippen LogP) is 5.56. The smallest absolute Gasteiger partial charge is 0.343 e. The summed E-state index contributed by atoms with van der Waals surface area (Å²) in [4.78, 5) is 24.9. The number of ether oxygens (including phenoxy) is 2. The van der Waals surface area contributed by atoms with Crippen LogP contribution in [0.4, 0.5) is 0 Å². The Labute approximate surface area is 203 Å². The number of amides is 1. The first-order valence-electron chi connectivity index (χ1n) is 11.1. The molecule has 0 atom stereocenters. The summed E-state index contributed by atoms with van der Waals surface area (Å²) in [6, 6.07) is 30.8. The molecule has 6 nitrogen and oxygen atoms in total. The van der Waals surface area contributed by atoms with Crippen molar-refractivity contribution in [2.24, 2.45) is 5.10 Å². The van der Waals surface area contributed by atoms with Gasteiger partial charge in [0.05, 0.1) is 17.3 Å². The maximum Gasteiger partial charge on any atom is 0.343 e. The van der Waals surface area contributed by atoms with Gasteiger partial charge in [0.15, 0.2) is 0 Å². The minimum absolute atomic E-state index is 0.356. The molecule has 0 unspecified atom stereocenters. The van der Waals surface area contributed by atoms with Gasteiger partial charge < -0.3 is 9.47 Å². The Morgan fingerprint density at radius 3 is 2.37 bits per heavy atom. The van der Waals surface area contributed by atoms with Crippen molar-refractivity contribution in [1.29, 1.82) is 0 Å². The van der Waals surface area contributed by atoms with Crippen LogP contribution in [0, 0.1) is 6.92 Å². The van der Waals surface area contributed by atoms with Crippen LogP contribution in [0.15, 0.2) is 108 Å². The summed E-state index contributed by atoms with van der Waals surface area (Å²) >= 11 is 0. The van der Waals surface area contributed by atoms with E-state index in [9.17, 15) is 9.59 Å². The minimum atomic E-state index is -0.421. The van der Waals surface area contributed by atoms with Crippen molar-refractivity contribution in [2.45, 2.75) is 13.5 Å². The average Bonchev–Trinajstić information content (AvgIpc) is 2.89. The highest BCUT2D eigenvalue weighted by atomic mass is 16.5. The highest BCUT2D eigenvalue weighted by Crippen LogP contribution is 2.19. The molecule has 0 fully saturated rings. The molecule has 0 spiro atoms. The Morgan fingerprint density at radius 1 is 0.857 bits per heavy atom. The highest BCUT2D eigenvalue weighted by molar-refractivity contribution is 5.97. The third-order valence-electron chi connectivity index (χ3n) is 5.09. The molecule has 4 aromatic carbocycles. The standard InChI is InChI=1S/C29H24N2O4/c1-21-8-7-11-24(18-21)29(33)35-25-16-14-22(15-17-25)19-30-31-28(32)26-12-5-6-13-27(26)34-20-23-9-3-2-4-10-23/h2-19H,20H2,1H3,(H,31,32)/b30-19-. The van der Waals surface area contributed by atoms with Gasteiger partial charge in [0.2, 0.25) is 0 Å². The summed E-state index contributed by atoms with van der Waals surface area (Å²) in [5.74, 6) is 0.0927. The van der Waals surface area contributed by atoms with Crippen LogP contribution in [0.1, 0.15) is 37.4 Å². The second-order valence-corrected chi connectivity index (χ2v) is 7.80. The Morgan fingerprint density at radius 2 is 1.60 bits per heavy atom. The van der Waals surface area contributed by atoms with Gasteiger partial charge in [0.25, 0.3) is 5.91 Å². The SMILES string of the molecule is Cc1cccc(C(=O)Oc2ccc(/C=N\NC(=O)c3ccccc3OCc3ccccc3)cc2)c1. The Bertz CT molecular complexity index is 1330. The third kappa shape index (κ3) is 6.65. The van der Waals surface area contributed by atoms with Crippen molar-refractivity contribution >= 4 is 18.1 Å². The van der Waals surface area contributed by atoms with Crippen LogP contribution in [-0.2, 0) is 6.61 Å². The van der Waals surface area contributed by atoms with E-state index in [1.165, 1.54) is 6.21 Å². The molecule has 4 aromatic rings. The molecule has 174 valence electrons. The molecule has 4 rings (SSSR count). The maximum absolute atomic E-state index is 12.6. The number of rotatable bonds is 8. The fraction of sp³-hybridized carbons (Fsp3) is 0.0690. The lowest BCUT2D eigenvalue weighted by atomic mass is 10.1. The quantitative estimate of drug-likeness (QED) is 0.160. The molecule has 1 N–H and O–H groups in total. The number of hydrogen-bond donors (Lipinski definition) is 1. The Kier molecular flexibility index (Phi) is 7.66. The van der Waals surface area contributed by atoms with E-state index < -0.39 is 5.97 Å². The van der Waals surface area contributed by atoms with Gasteiger partial charge in [0, 0.05) is 0 Å². The molecule has 0 bridgehead atoms. The third-order valence-corrected chi connectivity index (χ3v) is 5.09. The number of aryl methyl sites for hydroxylation is 1. The molecule has 1 amide bonds. The molecule has 0 aliphatic rings. The number of para-hydroxylation sites is 1. The number of hydrazone groups is 1. The zero-order valence-corrected chi connectivity index (χ0v) is 19.2. The van der Waals surface area contributed by atoms with E-state index in [1.807, 2.05) is 55.5 Å². The zero-order valence-electron chi connectivity index (χ0n) is 19.2. The highest BCUT2D eigenvalue weighted by Gasteiger charge is 2.12. The first-order chi connectivity index (χ1) is 17.1. The lowest BCUT2D eigenvalue weighted by molar-refractivity contribution is 0.0734. The lowest BCUT2D eigenvalue weighted by Crippen LogP contribution is -2.18. The van der Waals surface area contributed by atoms with Gasteiger partial charge in [-0.2, -0.15) is 5.10 Å². The average molecular weight is 465 g/mol. The summed E-state index contributed by atoms with van der Waals surface area (Å²) < 4.78 is 11.3. The van der Waals surface area contributed by atoms with Crippen molar-refractivity contribution < 1.29 is 19.1 Å². The van der Waals surface area contributed by atoms with E-state index >= 15 is 0 Å². The summed E-state index contributed by atoms with van der Waals surface area (Å²) in [6.07, 6.45) is 1.51. The van der Waals surface area contributed by atoms with Gasteiger partial charge in [-0.1, -0.05) is 60.2 Å². The molecular weight excluding hydrogens is 440 g/mol. The second-order valence-electron chi connectivity index (χ2n) is 7.80. The molecule has 0 aromatic heterocycles. The number of nitrogens with zero attached hydrogens (tertiary/aromatic N) is 1. The fourth-order valence-electron chi connectivity index (χ4n) is 3.30. The first-order valence-corrected chi connectivity index (χ1v) is 11.1. The van der Waals surface area contributed by atoms with E-state index in [2.05, 4.69) is 10.5 Å². The van der Waals surface area contributed by atoms with Crippen LogP contribution < -0.4 is 14.9 Å². The molecule has 0 saturated heterocycles. The van der Waals surface area contributed by atoms with Crippen molar-refractivity contribution in [3.05, 3.63) is 131 Å². The Balaban J connectivity index is 1.33. The van der Waals surface area contributed by atoms with Crippen molar-refractivity contribution in [1.82, 2.24) is 5.43 Å². The van der Waals surface area contributed by atoms with Crippen LogP contribution in [0.2, 0.25) is 0 Å². The van der Waals surface area contributed by atoms with Gasteiger partial charge in [-0.15, -0.1) is 0 Å². The summed E-state index contributed by atoms with van der Waals surface area (Å²) in [5, 5.41) is 4.04. The molecule has 0 aliphatic heterocycles. The van der Waals surface area contributed by atoms with Gasteiger partial charge in [-0.3, -0.25) is 4.79 Å². The number of hydrogen-bond acceptors (Lipinski definition) is 5. The van der Waals surface area contributed by atoms with Crippen LogP contribution in [0.5, 0.6) is 11.5 Å². The van der Waals surface area contributed by atoms with E-state index in [4.69, 9.17) is 9.47 Å². The van der Waals surface area contributed by atoms with E-state index in [1.54, 1.807) is 54.6 Å². The van der Waals surface area contributed by atoms with Gasteiger partial charge in [-0.05, 0) is 66.6 Å². The number of esters is 1. The van der Waals surface area contributed by atoms with E-state index in [0.29, 0.717) is 29.2 Å². The zero-order chi connectivity index (χ0) is 24.5. The van der Waals surface area contributed by atoms with E-state index in [0.717, 1.165) is 16.7 Å². The summed E-state index contributed by atoms with van der Waals surface area (Å²) in [7, 11) is 0. The second kappa shape index (κ2) is 11.4. The minimum Gasteiger partial charge on any atom is -0.488 e. The maximum atomic E-state index is 12.6. The van der Waals surface area contributed by atoms with Crippen LogP contribution in [-0.4, -0.2) is 18.1 Å². The number of carbonyl (C=O) groups is 2. The topological polar surface area (TPSA) is 77.0 Å². The molecule has 0 aliphatic carbocycles. The largest absolute Gasteiger partial charge is 0.488 e. The number of benzene rings is 4. The first kappa shape index (κ1) is 23.4. The van der Waals surface area contributed by atoms with Crippen LogP contribution >= 0.6 is 0 Å². The normalized spacial score (nSPS) is 10.7. The lowest BCUT2D eigenvalue weighted by Gasteiger charge is -2.10. The summed E-state index contributed by atoms with van der Waals surface area (Å²) in [5.41, 5.74) is 6.13. The number of nitrogens with one attached hydrogen (secondary N) is 1. The van der Waals surface area contributed by atoms with Crippen molar-refractivity contribution in [3.63, 3.8) is 0 Å². The van der Waals surface area contributed by atoms with E-state index in [-0.39, 0.29) is 5.91 Å². The molecule has 0 radical (unpaired) electrons. The fourth-order valence-corrected chi connectivity index (χ4v) is 3.30. The predicted molar refractivity (Wildman–Crippen MR) is 135 cm³/mol. The van der Waals surface area contributed by atoms with Crippen molar-refractivity contribution in [2.75, 3.05) is 0 Å². The monoisotopic (exact) mass is 464 g/mol. The Hall–Kier alpha value is -4.71. The molecule has 0 heterocycles. The number of carbonyl (C=O) groups excluding carboxylic acids is 2. The van der Waals surface area contributed by atoms with Crippen molar-refractivity contribution in [3.8, 4) is 11.5 Å². The van der Waals surface area contributed by atoms with Crippen LogP contribution in [0.25, 0.3) is 0 Å².